The second-order valence-corrected chi connectivity index (χ2v) is 4.48. The van der Waals surface area contributed by atoms with Crippen molar-refractivity contribution in [1.82, 2.24) is 0 Å². The van der Waals surface area contributed by atoms with Gasteiger partial charge in [-0.1, -0.05) is 57.2 Å². The molecule has 0 fully saturated rings. The van der Waals surface area contributed by atoms with E-state index in [0.29, 0.717) is 6.54 Å². The molecule has 0 amide bonds. The fourth-order valence-electron chi connectivity index (χ4n) is 1.52. The van der Waals surface area contributed by atoms with E-state index in [1.54, 1.807) is 0 Å². The summed E-state index contributed by atoms with van der Waals surface area (Å²) in [6.07, 6.45) is 4.09. The minimum Gasteiger partial charge on any atom is -0.327 e. The lowest BCUT2D eigenvalue weighted by molar-refractivity contribution is 0.589. The third kappa shape index (κ3) is 2.71. The van der Waals surface area contributed by atoms with Gasteiger partial charge in [-0.3, -0.25) is 0 Å². The minimum absolute atomic E-state index is 0.190. The fraction of sp³-hybridized carbons (Fsp3) is 0.385. The SMILES string of the molecule is CC(C)(C)c1ccccc1/C=C/CN. The van der Waals surface area contributed by atoms with Crippen molar-refractivity contribution >= 4 is 6.08 Å². The van der Waals surface area contributed by atoms with Gasteiger partial charge >= 0.3 is 0 Å². The van der Waals surface area contributed by atoms with Crippen molar-refractivity contribution in [3.8, 4) is 0 Å². The van der Waals surface area contributed by atoms with Crippen LogP contribution < -0.4 is 5.73 Å². The number of nitrogens with two attached hydrogens (primary N) is 1. The molecule has 14 heavy (non-hydrogen) atoms. The molecule has 0 spiro atoms. The zero-order valence-corrected chi connectivity index (χ0v) is 9.25. The minimum atomic E-state index is 0.190. The lowest BCUT2D eigenvalue weighted by Gasteiger charge is -2.21. The van der Waals surface area contributed by atoms with Crippen molar-refractivity contribution in [2.45, 2.75) is 26.2 Å². The van der Waals surface area contributed by atoms with Crippen LogP contribution in [0, 0.1) is 0 Å². The van der Waals surface area contributed by atoms with Crippen molar-refractivity contribution < 1.29 is 0 Å². The molecule has 2 N–H and O–H groups in total. The first-order chi connectivity index (χ1) is 6.55. The summed E-state index contributed by atoms with van der Waals surface area (Å²) in [4.78, 5) is 0. The van der Waals surface area contributed by atoms with Gasteiger partial charge < -0.3 is 5.73 Å². The predicted octanol–water partition coefficient (Wildman–Crippen LogP) is 2.96. The molecule has 0 bridgehead atoms. The highest BCUT2D eigenvalue weighted by atomic mass is 14.5. The summed E-state index contributed by atoms with van der Waals surface area (Å²) in [6, 6.07) is 8.45. The average molecular weight is 189 g/mol. The summed E-state index contributed by atoms with van der Waals surface area (Å²) in [5, 5.41) is 0. The monoisotopic (exact) mass is 189 g/mol. The quantitative estimate of drug-likeness (QED) is 0.760. The van der Waals surface area contributed by atoms with Crippen LogP contribution in [0.15, 0.2) is 30.3 Å². The molecule has 76 valence electrons. The Hall–Kier alpha value is -1.08. The van der Waals surface area contributed by atoms with E-state index in [4.69, 9.17) is 5.73 Å². The van der Waals surface area contributed by atoms with Gasteiger partial charge in [0.1, 0.15) is 0 Å². The highest BCUT2D eigenvalue weighted by molar-refractivity contribution is 5.55. The van der Waals surface area contributed by atoms with Gasteiger partial charge in [-0.05, 0) is 16.5 Å². The van der Waals surface area contributed by atoms with E-state index in [9.17, 15) is 0 Å². The maximum atomic E-state index is 5.45. The van der Waals surface area contributed by atoms with E-state index < -0.39 is 0 Å². The molecule has 0 saturated heterocycles. The summed E-state index contributed by atoms with van der Waals surface area (Å²) in [5.41, 5.74) is 8.27. The van der Waals surface area contributed by atoms with Crippen molar-refractivity contribution in [3.63, 3.8) is 0 Å². The van der Waals surface area contributed by atoms with E-state index in [1.807, 2.05) is 6.08 Å². The van der Waals surface area contributed by atoms with Crippen LogP contribution in [0.1, 0.15) is 31.9 Å². The molecular formula is C13H19N. The maximum Gasteiger partial charge on any atom is 0.0110 e. The van der Waals surface area contributed by atoms with Crippen LogP contribution in [-0.4, -0.2) is 6.54 Å². The normalized spacial score (nSPS) is 12.3. The zero-order chi connectivity index (χ0) is 10.6. The van der Waals surface area contributed by atoms with Crippen molar-refractivity contribution in [2.75, 3.05) is 6.54 Å². The Bertz CT molecular complexity index is 318. The fourth-order valence-corrected chi connectivity index (χ4v) is 1.52. The van der Waals surface area contributed by atoms with Gasteiger partial charge in [0.25, 0.3) is 0 Å². The molecule has 1 aromatic carbocycles. The van der Waals surface area contributed by atoms with Crippen LogP contribution in [0.3, 0.4) is 0 Å². The Morgan fingerprint density at radius 2 is 1.86 bits per heavy atom. The molecule has 0 atom stereocenters. The Morgan fingerprint density at radius 3 is 2.43 bits per heavy atom. The maximum absolute atomic E-state index is 5.45. The van der Waals surface area contributed by atoms with Crippen LogP contribution in [0.25, 0.3) is 6.08 Å². The first kappa shape index (κ1) is 11.0. The molecule has 0 aliphatic heterocycles. The summed E-state index contributed by atoms with van der Waals surface area (Å²) in [7, 11) is 0. The molecule has 0 aliphatic rings. The Labute approximate surface area is 86.6 Å². The molecule has 0 heterocycles. The van der Waals surface area contributed by atoms with Gasteiger partial charge in [-0.15, -0.1) is 0 Å². The second kappa shape index (κ2) is 4.43. The Kier molecular flexibility index (Phi) is 3.48. The van der Waals surface area contributed by atoms with Crippen LogP contribution in [-0.2, 0) is 5.41 Å². The summed E-state index contributed by atoms with van der Waals surface area (Å²) in [5.74, 6) is 0. The number of benzene rings is 1. The third-order valence-electron chi connectivity index (χ3n) is 2.20. The van der Waals surface area contributed by atoms with Gasteiger partial charge in [0, 0.05) is 6.54 Å². The third-order valence-corrected chi connectivity index (χ3v) is 2.20. The van der Waals surface area contributed by atoms with Gasteiger partial charge in [0.2, 0.25) is 0 Å². The topological polar surface area (TPSA) is 26.0 Å². The highest BCUT2D eigenvalue weighted by Gasteiger charge is 2.15. The smallest absolute Gasteiger partial charge is 0.0110 e. The molecule has 0 radical (unpaired) electrons. The van der Waals surface area contributed by atoms with E-state index in [0.717, 1.165) is 0 Å². The van der Waals surface area contributed by atoms with E-state index >= 15 is 0 Å². The van der Waals surface area contributed by atoms with E-state index in [2.05, 4.69) is 51.1 Å². The lowest BCUT2D eigenvalue weighted by Crippen LogP contribution is -2.12. The summed E-state index contributed by atoms with van der Waals surface area (Å²) >= 11 is 0. The number of rotatable bonds is 2. The predicted molar refractivity (Wildman–Crippen MR) is 63.2 cm³/mol. The highest BCUT2D eigenvalue weighted by Crippen LogP contribution is 2.26. The molecule has 0 aromatic heterocycles. The molecule has 0 aliphatic carbocycles. The van der Waals surface area contributed by atoms with Crippen LogP contribution in [0.2, 0.25) is 0 Å². The second-order valence-electron chi connectivity index (χ2n) is 4.48. The van der Waals surface area contributed by atoms with Crippen molar-refractivity contribution in [3.05, 3.63) is 41.5 Å². The van der Waals surface area contributed by atoms with Gasteiger partial charge in [-0.2, -0.15) is 0 Å². The van der Waals surface area contributed by atoms with Gasteiger partial charge in [-0.25, -0.2) is 0 Å². The molecule has 0 unspecified atom stereocenters. The largest absolute Gasteiger partial charge is 0.327 e. The van der Waals surface area contributed by atoms with Crippen LogP contribution >= 0.6 is 0 Å². The molecule has 1 heteroatoms. The number of hydrogen-bond acceptors (Lipinski definition) is 1. The van der Waals surface area contributed by atoms with Gasteiger partial charge in [0.05, 0.1) is 0 Å². The Morgan fingerprint density at radius 1 is 1.21 bits per heavy atom. The number of hydrogen-bond donors (Lipinski definition) is 1. The van der Waals surface area contributed by atoms with Crippen LogP contribution in [0.5, 0.6) is 0 Å². The summed E-state index contributed by atoms with van der Waals surface area (Å²) < 4.78 is 0. The van der Waals surface area contributed by atoms with E-state index in [-0.39, 0.29) is 5.41 Å². The molecular weight excluding hydrogens is 170 g/mol. The van der Waals surface area contributed by atoms with E-state index in [1.165, 1.54) is 11.1 Å². The molecule has 1 rings (SSSR count). The Balaban J connectivity index is 3.10. The lowest BCUT2D eigenvalue weighted by atomic mass is 9.84. The summed E-state index contributed by atoms with van der Waals surface area (Å²) in [6.45, 7) is 7.27. The van der Waals surface area contributed by atoms with Crippen LogP contribution in [0.4, 0.5) is 0 Å². The van der Waals surface area contributed by atoms with Crippen molar-refractivity contribution in [1.29, 1.82) is 0 Å². The molecule has 1 aromatic rings. The molecule has 0 saturated carbocycles. The zero-order valence-electron chi connectivity index (χ0n) is 9.25. The standard InChI is InChI=1S/C13H19N/c1-13(2,3)12-9-5-4-7-11(12)8-6-10-14/h4-9H,10,14H2,1-3H3/b8-6+. The first-order valence-electron chi connectivity index (χ1n) is 5.02. The first-order valence-corrected chi connectivity index (χ1v) is 5.02. The molecule has 1 nitrogen and oxygen atoms in total. The van der Waals surface area contributed by atoms with Crippen molar-refractivity contribution in [2.24, 2.45) is 5.73 Å². The average Bonchev–Trinajstić information content (AvgIpc) is 2.14. The van der Waals surface area contributed by atoms with Gasteiger partial charge in [0.15, 0.2) is 0 Å².